The Morgan fingerprint density at radius 1 is 1.22 bits per heavy atom. The van der Waals surface area contributed by atoms with Gasteiger partial charge in [0.25, 0.3) is 6.47 Å². The molecule has 0 amide bonds. The minimum absolute atomic E-state index is 0.392. The minimum Gasteiger partial charge on any atom is -0.460 e. The van der Waals surface area contributed by atoms with Crippen LogP contribution in [0.3, 0.4) is 0 Å². The average Bonchev–Trinajstić information content (AvgIpc) is 3.61. The monoisotopic (exact) mass is 443 g/mol. The van der Waals surface area contributed by atoms with E-state index in [1.165, 1.54) is 24.0 Å². The number of nitrogens with one attached hydrogen (secondary N) is 1. The zero-order valence-electron chi connectivity index (χ0n) is 20.8. The molecule has 0 unspecified atom stereocenters. The molecule has 2 rings (SSSR count). The van der Waals surface area contributed by atoms with Crippen molar-refractivity contribution in [1.29, 1.82) is 0 Å². The molecule has 2 aliphatic rings. The van der Waals surface area contributed by atoms with Gasteiger partial charge in [-0.15, -0.1) is 0 Å². The summed E-state index contributed by atoms with van der Waals surface area (Å²) >= 11 is 0. The van der Waals surface area contributed by atoms with Crippen LogP contribution < -0.4 is 5.32 Å². The number of piperidine rings is 1. The molecule has 0 radical (unpaired) electrons. The Morgan fingerprint density at radius 2 is 1.91 bits per heavy atom. The molecule has 0 aromatic carbocycles. The largest absolute Gasteiger partial charge is 0.460 e. The third-order valence-corrected chi connectivity index (χ3v) is 6.61. The van der Waals surface area contributed by atoms with Crippen LogP contribution in [0.4, 0.5) is 0 Å². The van der Waals surface area contributed by atoms with Crippen molar-refractivity contribution < 1.29 is 9.53 Å². The molecule has 5 nitrogen and oxygen atoms in total. The van der Waals surface area contributed by atoms with Gasteiger partial charge in [-0.1, -0.05) is 36.5 Å². The van der Waals surface area contributed by atoms with Crippen molar-refractivity contribution >= 4 is 6.47 Å². The summed E-state index contributed by atoms with van der Waals surface area (Å²) in [4.78, 5) is 16.1. The van der Waals surface area contributed by atoms with E-state index in [0.29, 0.717) is 19.1 Å². The first-order valence-electron chi connectivity index (χ1n) is 12.3. The number of carbonyl (C=O) groups is 1. The number of ether oxygens (including phenoxy) is 1. The lowest BCUT2D eigenvalue weighted by Crippen LogP contribution is -2.51. The lowest BCUT2D eigenvalue weighted by molar-refractivity contribution is -0.148. The first-order chi connectivity index (χ1) is 15.4. The molecule has 2 fully saturated rings. The summed E-state index contributed by atoms with van der Waals surface area (Å²) in [5, 5.41) is 3.42. The van der Waals surface area contributed by atoms with Crippen LogP contribution in [0.1, 0.15) is 59.8 Å². The molecule has 0 spiro atoms. The molecule has 1 N–H and O–H groups in total. The molecular formula is C27H45N3O2. The average molecular weight is 444 g/mol. The maximum atomic E-state index is 11.2. The van der Waals surface area contributed by atoms with Crippen molar-refractivity contribution in [3.8, 4) is 0 Å². The van der Waals surface area contributed by atoms with E-state index in [1.807, 2.05) is 13.0 Å². The predicted octanol–water partition coefficient (Wildman–Crippen LogP) is 4.69. The first kappa shape index (κ1) is 26.4. The number of likely N-dealkylation sites (tertiary alicyclic amines) is 1. The van der Waals surface area contributed by atoms with Gasteiger partial charge in [-0.05, 0) is 58.4 Å². The number of carbonyl (C=O) groups excluding carboxylic acids is 1. The molecular weight excluding hydrogens is 398 g/mol. The number of allylic oxidation sites excluding steroid dienone is 3. The van der Waals surface area contributed by atoms with Gasteiger partial charge in [0.05, 0.1) is 0 Å². The molecule has 1 saturated carbocycles. The molecule has 1 aliphatic carbocycles. The third-order valence-electron chi connectivity index (χ3n) is 6.61. The van der Waals surface area contributed by atoms with E-state index >= 15 is 0 Å². The van der Waals surface area contributed by atoms with Crippen molar-refractivity contribution in [3.63, 3.8) is 0 Å². The predicted molar refractivity (Wildman–Crippen MR) is 134 cm³/mol. The fourth-order valence-corrected chi connectivity index (χ4v) is 4.29. The van der Waals surface area contributed by atoms with Gasteiger partial charge >= 0.3 is 0 Å². The topological polar surface area (TPSA) is 44.8 Å². The fraction of sp³-hybridized carbons (Fsp3) is 0.667. The molecule has 1 aliphatic heterocycles. The van der Waals surface area contributed by atoms with Crippen molar-refractivity contribution in [3.05, 3.63) is 48.2 Å². The summed E-state index contributed by atoms with van der Waals surface area (Å²) in [6, 6.07) is 0.452. The highest BCUT2D eigenvalue weighted by molar-refractivity contribution is 5.38. The lowest BCUT2D eigenvalue weighted by atomic mass is 9.90. The van der Waals surface area contributed by atoms with Crippen molar-refractivity contribution in [2.45, 2.75) is 71.4 Å². The minimum atomic E-state index is -0.392. The zero-order chi connectivity index (χ0) is 23.4. The standard InChI is InChI=1S/C27H45N3O2/c1-6-8-14-28-21-27(32-22-31)12-16-29(17-13-27)19-25(18-24(5)26-10-11-26)20-30(23(3)4)15-9-7-2/h6-9,20,22-23,26,28H,5,10-19,21H2,1-4H3/b8-6-,9-7-,25-20+. The van der Waals surface area contributed by atoms with Crippen LogP contribution >= 0.6 is 0 Å². The molecule has 5 heteroatoms. The summed E-state index contributed by atoms with van der Waals surface area (Å²) in [6.45, 7) is 18.9. The lowest BCUT2D eigenvalue weighted by Gasteiger charge is -2.41. The second-order valence-corrected chi connectivity index (χ2v) is 9.63. The third kappa shape index (κ3) is 8.95. The van der Waals surface area contributed by atoms with Gasteiger partial charge in [-0.3, -0.25) is 9.69 Å². The molecule has 32 heavy (non-hydrogen) atoms. The maximum Gasteiger partial charge on any atom is 0.293 e. The van der Waals surface area contributed by atoms with Gasteiger partial charge in [0.2, 0.25) is 0 Å². The Bertz CT molecular complexity index is 668. The smallest absolute Gasteiger partial charge is 0.293 e. The second-order valence-electron chi connectivity index (χ2n) is 9.63. The van der Waals surface area contributed by atoms with E-state index in [9.17, 15) is 4.79 Å². The van der Waals surface area contributed by atoms with E-state index in [0.717, 1.165) is 57.9 Å². The van der Waals surface area contributed by atoms with Crippen molar-refractivity contribution in [2.24, 2.45) is 5.92 Å². The molecule has 0 bridgehead atoms. The van der Waals surface area contributed by atoms with Gasteiger partial charge in [-0.2, -0.15) is 0 Å². The summed E-state index contributed by atoms with van der Waals surface area (Å²) in [7, 11) is 0. The highest BCUT2D eigenvalue weighted by atomic mass is 16.5. The highest BCUT2D eigenvalue weighted by Gasteiger charge is 2.36. The van der Waals surface area contributed by atoms with Crippen molar-refractivity contribution in [2.75, 3.05) is 39.3 Å². The number of nitrogens with zero attached hydrogens (tertiary/aromatic N) is 2. The van der Waals surface area contributed by atoms with Crippen molar-refractivity contribution in [1.82, 2.24) is 15.1 Å². The normalized spacial score (nSPS) is 19.7. The molecule has 180 valence electrons. The van der Waals surface area contributed by atoms with Gasteiger partial charge in [-0.25, -0.2) is 0 Å². The summed E-state index contributed by atoms with van der Waals surface area (Å²) in [5.74, 6) is 0.722. The molecule has 0 aromatic heterocycles. The second kappa shape index (κ2) is 13.6. The van der Waals surface area contributed by atoms with E-state index < -0.39 is 5.60 Å². The van der Waals surface area contributed by atoms with Crippen LogP contribution in [0.25, 0.3) is 0 Å². The molecule has 0 atom stereocenters. The van der Waals surface area contributed by atoms with Gasteiger partial charge in [0.1, 0.15) is 5.60 Å². The van der Waals surface area contributed by atoms with Crippen LogP contribution in [-0.4, -0.2) is 67.2 Å². The van der Waals surface area contributed by atoms with Crippen LogP contribution in [0.2, 0.25) is 0 Å². The van der Waals surface area contributed by atoms with E-state index in [4.69, 9.17) is 4.74 Å². The van der Waals surface area contributed by atoms with E-state index in [-0.39, 0.29) is 0 Å². The summed E-state index contributed by atoms with van der Waals surface area (Å²) in [6.07, 6.45) is 16.1. The Labute approximate surface area is 196 Å². The van der Waals surface area contributed by atoms with Crippen LogP contribution in [-0.2, 0) is 9.53 Å². The summed E-state index contributed by atoms with van der Waals surface area (Å²) < 4.78 is 5.61. The Morgan fingerprint density at radius 3 is 2.47 bits per heavy atom. The van der Waals surface area contributed by atoms with Crippen LogP contribution in [0.5, 0.6) is 0 Å². The summed E-state index contributed by atoms with van der Waals surface area (Å²) in [5.41, 5.74) is 2.43. The molecule has 0 aromatic rings. The van der Waals surface area contributed by atoms with Gasteiger partial charge < -0.3 is 15.0 Å². The van der Waals surface area contributed by atoms with E-state index in [2.05, 4.69) is 66.9 Å². The highest BCUT2D eigenvalue weighted by Crippen LogP contribution is 2.38. The fourth-order valence-electron chi connectivity index (χ4n) is 4.29. The molecule has 1 heterocycles. The quantitative estimate of drug-likeness (QED) is 0.226. The Kier molecular flexibility index (Phi) is 11.3. The zero-order valence-corrected chi connectivity index (χ0v) is 20.8. The van der Waals surface area contributed by atoms with Gasteiger partial charge in [0, 0.05) is 64.4 Å². The number of hydrogen-bond donors (Lipinski definition) is 1. The van der Waals surface area contributed by atoms with E-state index in [1.54, 1.807) is 0 Å². The van der Waals surface area contributed by atoms with Crippen LogP contribution in [0.15, 0.2) is 48.2 Å². The molecule has 1 saturated heterocycles. The number of rotatable bonds is 15. The Balaban J connectivity index is 2.02. The SMILES string of the molecule is C=C(C/C(=C\N(C/C=C\C)C(C)C)CN1CCC(CNC/C=C\C)(OC=O)CC1)C1CC1. The van der Waals surface area contributed by atoms with Crippen LogP contribution in [0, 0.1) is 5.92 Å². The maximum absolute atomic E-state index is 11.2. The van der Waals surface area contributed by atoms with Gasteiger partial charge in [0.15, 0.2) is 0 Å². The first-order valence-corrected chi connectivity index (χ1v) is 12.3. The number of hydrogen-bond acceptors (Lipinski definition) is 5. The Hall–Kier alpha value is -1.85.